The number of nitrogens with two attached hydrogens (primary N) is 1. The van der Waals surface area contributed by atoms with Gasteiger partial charge < -0.3 is 16.0 Å². The van der Waals surface area contributed by atoms with Gasteiger partial charge in [0, 0.05) is 24.2 Å². The zero-order valence-corrected chi connectivity index (χ0v) is 18.4. The number of likely N-dealkylation sites (tertiary alicyclic amines) is 1. The number of unbranched alkanes of at least 4 members (excludes halogenated alkanes) is 2. The van der Waals surface area contributed by atoms with Crippen LogP contribution < -0.4 is 11.1 Å². The van der Waals surface area contributed by atoms with Crippen LogP contribution in [-0.4, -0.2) is 65.7 Å². The minimum Gasteiger partial charge on any atom is -0.368 e. The summed E-state index contributed by atoms with van der Waals surface area (Å²) in [4.78, 5) is 39.1. The van der Waals surface area contributed by atoms with Gasteiger partial charge in [-0.25, -0.2) is 0 Å². The van der Waals surface area contributed by atoms with Crippen LogP contribution in [0.2, 0.25) is 0 Å². The average Bonchev–Trinajstić information content (AvgIpc) is 3.26. The van der Waals surface area contributed by atoms with Crippen LogP contribution in [0.1, 0.15) is 53.6 Å². The lowest BCUT2D eigenvalue weighted by Crippen LogP contribution is -2.41. The molecule has 0 radical (unpaired) electrons. The highest BCUT2D eigenvalue weighted by molar-refractivity contribution is 6.09. The molecule has 0 spiro atoms. The molecular weight excluding hydrogens is 439 g/mol. The first kappa shape index (κ1) is 24.7. The molecular formula is C22H28F3N5O3. The van der Waals surface area contributed by atoms with Crippen LogP contribution in [0, 0.1) is 11.3 Å². The summed E-state index contributed by atoms with van der Waals surface area (Å²) in [5.41, 5.74) is 6.61. The summed E-state index contributed by atoms with van der Waals surface area (Å²) in [5.74, 6) is -3.21. The van der Waals surface area contributed by atoms with Gasteiger partial charge in [-0.3, -0.25) is 24.7 Å². The number of nitrogens with zero attached hydrogens (tertiary/aromatic N) is 2. The van der Waals surface area contributed by atoms with E-state index >= 15 is 0 Å². The molecule has 8 nitrogen and oxygen atoms in total. The minimum atomic E-state index is -5.09. The van der Waals surface area contributed by atoms with Crippen molar-refractivity contribution in [2.24, 2.45) is 11.7 Å². The quantitative estimate of drug-likeness (QED) is 0.308. The first-order valence-electron chi connectivity index (χ1n) is 10.9. The van der Waals surface area contributed by atoms with Crippen LogP contribution in [0.15, 0.2) is 18.2 Å². The van der Waals surface area contributed by atoms with E-state index in [9.17, 15) is 27.6 Å². The van der Waals surface area contributed by atoms with Crippen molar-refractivity contribution >= 4 is 23.6 Å². The predicted octanol–water partition coefficient (Wildman–Crippen LogP) is 2.01. The molecule has 1 saturated heterocycles. The second kappa shape index (κ2) is 9.90. The molecule has 0 aliphatic carbocycles. The molecule has 3 rings (SSSR count). The van der Waals surface area contributed by atoms with Gasteiger partial charge >= 0.3 is 12.1 Å². The third-order valence-corrected chi connectivity index (χ3v) is 6.34. The molecule has 0 bridgehead atoms. The zero-order valence-electron chi connectivity index (χ0n) is 18.4. The number of rotatable bonds is 8. The van der Waals surface area contributed by atoms with Crippen LogP contribution in [0.3, 0.4) is 0 Å². The van der Waals surface area contributed by atoms with Crippen molar-refractivity contribution in [2.75, 3.05) is 20.1 Å². The fraction of sp³-hybridized carbons (Fsp3) is 0.545. The number of fused-ring (bicyclic) bond motifs is 1. The van der Waals surface area contributed by atoms with Gasteiger partial charge in [-0.05, 0) is 50.4 Å². The average molecular weight is 467 g/mol. The third-order valence-electron chi connectivity index (χ3n) is 6.34. The number of nitrogens with one attached hydrogen (secondary N) is 2. The third kappa shape index (κ3) is 5.70. The van der Waals surface area contributed by atoms with Crippen molar-refractivity contribution in [2.45, 2.75) is 50.9 Å². The summed E-state index contributed by atoms with van der Waals surface area (Å²) in [6, 6.07) is 4.14. The fourth-order valence-electron chi connectivity index (χ4n) is 4.62. The van der Waals surface area contributed by atoms with Gasteiger partial charge in [0.15, 0.2) is 0 Å². The molecule has 1 aromatic carbocycles. The molecule has 4 N–H and O–H groups in total. The van der Waals surface area contributed by atoms with E-state index in [1.54, 1.807) is 11.0 Å². The minimum absolute atomic E-state index is 0.0343. The summed E-state index contributed by atoms with van der Waals surface area (Å²) in [5, 5.41) is 9.21. The normalized spacial score (nSPS) is 20.7. The molecule has 33 heavy (non-hydrogen) atoms. The maximum atomic E-state index is 12.7. The van der Waals surface area contributed by atoms with E-state index < -0.39 is 17.9 Å². The number of primary amides is 1. The van der Waals surface area contributed by atoms with E-state index in [1.807, 2.05) is 11.9 Å². The SMILES string of the molecule is CN1CCC(CCCCCN2Cc3ccc(C(=N)NC(=O)C(F)(F)F)cc3C2=O)C1C(N)=O. The second-order valence-electron chi connectivity index (χ2n) is 8.65. The lowest BCUT2D eigenvalue weighted by molar-refractivity contribution is -0.171. The maximum Gasteiger partial charge on any atom is 0.471 e. The highest BCUT2D eigenvalue weighted by atomic mass is 19.4. The smallest absolute Gasteiger partial charge is 0.368 e. The lowest BCUT2D eigenvalue weighted by Gasteiger charge is -2.21. The summed E-state index contributed by atoms with van der Waals surface area (Å²) < 4.78 is 37.2. The van der Waals surface area contributed by atoms with Crippen molar-refractivity contribution in [3.05, 3.63) is 34.9 Å². The number of benzene rings is 1. The van der Waals surface area contributed by atoms with E-state index in [2.05, 4.69) is 0 Å². The Kier molecular flexibility index (Phi) is 7.41. The monoisotopic (exact) mass is 467 g/mol. The summed E-state index contributed by atoms with van der Waals surface area (Å²) >= 11 is 0. The number of carbonyl (C=O) groups excluding carboxylic acids is 3. The van der Waals surface area contributed by atoms with Gasteiger partial charge in [-0.2, -0.15) is 13.2 Å². The molecule has 3 amide bonds. The number of amides is 3. The summed E-state index contributed by atoms with van der Waals surface area (Å²) in [7, 11) is 1.91. The van der Waals surface area contributed by atoms with Crippen LogP contribution in [0.4, 0.5) is 13.2 Å². The second-order valence-corrected chi connectivity index (χ2v) is 8.65. The molecule has 11 heteroatoms. The van der Waals surface area contributed by atoms with Gasteiger partial charge in [0.2, 0.25) is 5.91 Å². The van der Waals surface area contributed by atoms with Gasteiger partial charge in [0.1, 0.15) is 5.84 Å². The molecule has 2 atom stereocenters. The van der Waals surface area contributed by atoms with Gasteiger partial charge in [-0.1, -0.05) is 25.0 Å². The largest absolute Gasteiger partial charge is 0.471 e. The van der Waals surface area contributed by atoms with Crippen molar-refractivity contribution < 1.29 is 27.6 Å². The van der Waals surface area contributed by atoms with Crippen LogP contribution >= 0.6 is 0 Å². The Hall–Kier alpha value is -2.95. The highest BCUT2D eigenvalue weighted by Gasteiger charge is 2.39. The zero-order chi connectivity index (χ0) is 24.3. The predicted molar refractivity (Wildman–Crippen MR) is 114 cm³/mol. The first-order chi connectivity index (χ1) is 15.5. The summed E-state index contributed by atoms with van der Waals surface area (Å²) in [6.45, 7) is 1.79. The van der Waals surface area contributed by atoms with Crippen LogP contribution in [-0.2, 0) is 16.1 Å². The Bertz CT molecular complexity index is 950. The topological polar surface area (TPSA) is 120 Å². The van der Waals surface area contributed by atoms with E-state index in [4.69, 9.17) is 11.1 Å². The Labute approximate surface area is 189 Å². The van der Waals surface area contributed by atoms with E-state index in [1.165, 1.54) is 17.4 Å². The van der Waals surface area contributed by atoms with Crippen molar-refractivity contribution in [1.29, 1.82) is 5.41 Å². The molecule has 180 valence electrons. The van der Waals surface area contributed by atoms with Crippen molar-refractivity contribution in [3.63, 3.8) is 0 Å². The molecule has 2 unspecified atom stereocenters. The summed E-state index contributed by atoms with van der Waals surface area (Å²) in [6.07, 6.45) is -0.632. The maximum absolute atomic E-state index is 12.7. The van der Waals surface area contributed by atoms with E-state index in [0.29, 0.717) is 18.7 Å². The van der Waals surface area contributed by atoms with Gasteiger partial charge in [0.05, 0.1) is 6.04 Å². The van der Waals surface area contributed by atoms with E-state index in [0.717, 1.165) is 44.2 Å². The number of amidine groups is 1. The number of carbonyl (C=O) groups is 3. The lowest BCUT2D eigenvalue weighted by atomic mass is 9.93. The number of hydrogen-bond acceptors (Lipinski definition) is 5. The first-order valence-corrected chi connectivity index (χ1v) is 10.9. The van der Waals surface area contributed by atoms with Crippen LogP contribution in [0.5, 0.6) is 0 Å². The number of alkyl halides is 3. The molecule has 1 aromatic rings. The van der Waals surface area contributed by atoms with Gasteiger partial charge in [-0.15, -0.1) is 0 Å². The Morgan fingerprint density at radius 3 is 2.64 bits per heavy atom. The van der Waals surface area contributed by atoms with Crippen molar-refractivity contribution in [3.8, 4) is 0 Å². The highest BCUT2D eigenvalue weighted by Crippen LogP contribution is 2.28. The number of likely N-dealkylation sites (N-methyl/N-ethyl adjacent to an activating group) is 1. The standard InChI is InChI=1S/C22H28F3N5O3/c1-29-10-8-13(17(29)19(27)31)5-3-2-4-9-30-12-15-7-6-14(11-16(15)20(30)32)18(26)28-21(33)22(23,24)25/h6-7,11,13,17H,2-5,8-10,12H2,1H3,(H2,27,31)(H2,26,28,33). The fourth-order valence-corrected chi connectivity index (χ4v) is 4.62. The number of hydrogen-bond donors (Lipinski definition) is 3. The molecule has 2 heterocycles. The molecule has 0 saturated carbocycles. The molecule has 2 aliphatic heterocycles. The molecule has 0 aromatic heterocycles. The molecule has 1 fully saturated rings. The Morgan fingerprint density at radius 1 is 1.24 bits per heavy atom. The molecule has 2 aliphatic rings. The van der Waals surface area contributed by atoms with E-state index in [-0.39, 0.29) is 29.3 Å². The number of halogens is 3. The Morgan fingerprint density at radius 2 is 1.97 bits per heavy atom. The van der Waals surface area contributed by atoms with Crippen molar-refractivity contribution in [1.82, 2.24) is 15.1 Å². The van der Waals surface area contributed by atoms with Gasteiger partial charge in [0.25, 0.3) is 5.91 Å². The Balaban J connectivity index is 1.47. The van der Waals surface area contributed by atoms with Crippen LogP contribution in [0.25, 0.3) is 0 Å².